The molecule has 4 aromatic carbocycles. The molecule has 53 heavy (non-hydrogen) atoms. The van der Waals surface area contributed by atoms with Crippen molar-refractivity contribution in [3.63, 3.8) is 0 Å². The van der Waals surface area contributed by atoms with Crippen molar-refractivity contribution in [2.24, 2.45) is 9.98 Å². The van der Waals surface area contributed by atoms with E-state index in [2.05, 4.69) is 21.8 Å². The Hall–Kier alpha value is -7.30. The highest BCUT2D eigenvalue weighted by Gasteiger charge is 2.27. The lowest BCUT2D eigenvalue weighted by Gasteiger charge is -2.12. The number of fused-ring (bicyclic) bond motifs is 6. The van der Waals surface area contributed by atoms with Crippen LogP contribution >= 0.6 is 0 Å². The van der Waals surface area contributed by atoms with Crippen LogP contribution in [0.15, 0.2) is 120 Å². The van der Waals surface area contributed by atoms with E-state index in [0.717, 1.165) is 56.2 Å². The largest absolute Gasteiger partial charge is 0.461 e. The summed E-state index contributed by atoms with van der Waals surface area (Å²) in [4.78, 5) is 45.2. The van der Waals surface area contributed by atoms with Gasteiger partial charge in [-0.2, -0.15) is 0 Å². The molecule has 0 radical (unpaired) electrons. The number of hydrogen-bond acceptors (Lipinski definition) is 8. The van der Waals surface area contributed by atoms with Gasteiger partial charge in [0, 0.05) is 39.8 Å². The number of nitrogens with zero attached hydrogens (tertiary/aromatic N) is 6. The molecule has 2 aromatic heterocycles. The number of esters is 2. The third-order valence-electron chi connectivity index (χ3n) is 9.10. The highest BCUT2D eigenvalue weighted by Crippen LogP contribution is 2.29. The lowest BCUT2D eigenvalue weighted by Crippen LogP contribution is -2.14. The molecule has 0 saturated carbocycles. The van der Waals surface area contributed by atoms with Crippen molar-refractivity contribution in [1.29, 1.82) is 0 Å². The minimum absolute atomic E-state index is 0.00990. The second-order valence-corrected chi connectivity index (χ2v) is 12.3. The number of imidazole rings is 2. The molecule has 2 aliphatic heterocycles. The Morgan fingerprint density at radius 3 is 1.47 bits per heavy atom. The maximum absolute atomic E-state index is 13.3. The number of benzene rings is 4. The quantitative estimate of drug-likeness (QED) is 0.108. The first-order valence-electron chi connectivity index (χ1n) is 16.9. The van der Waals surface area contributed by atoms with Crippen LogP contribution < -0.4 is 0 Å². The minimum atomic E-state index is -0.594. The van der Waals surface area contributed by atoms with Crippen LogP contribution in [0.25, 0.3) is 11.4 Å². The van der Waals surface area contributed by atoms with Crippen LogP contribution in [0.2, 0.25) is 0 Å². The molecule has 0 bridgehead atoms. The van der Waals surface area contributed by atoms with Gasteiger partial charge in [-0.3, -0.25) is 19.1 Å². The first-order valence-corrected chi connectivity index (χ1v) is 16.9. The van der Waals surface area contributed by atoms with Crippen molar-refractivity contribution in [3.05, 3.63) is 166 Å². The van der Waals surface area contributed by atoms with Gasteiger partial charge in [-0.25, -0.2) is 19.6 Å². The second-order valence-electron chi connectivity index (χ2n) is 12.3. The van der Waals surface area contributed by atoms with E-state index in [-0.39, 0.29) is 44.1 Å². The number of aliphatic imine (C=N–C) groups is 2. The van der Waals surface area contributed by atoms with Crippen LogP contribution in [-0.4, -0.2) is 55.7 Å². The van der Waals surface area contributed by atoms with Crippen molar-refractivity contribution >= 4 is 23.4 Å². The third kappa shape index (κ3) is 6.19. The number of aromatic nitrogens is 4. The molecule has 8 rings (SSSR count). The number of carbonyl (C=O) groups is 2. The van der Waals surface area contributed by atoms with Gasteiger partial charge in [-0.1, -0.05) is 72.5 Å². The normalized spacial score (nSPS) is 12.6. The Morgan fingerprint density at radius 1 is 0.623 bits per heavy atom. The Morgan fingerprint density at radius 2 is 1.06 bits per heavy atom. The van der Waals surface area contributed by atoms with Crippen LogP contribution in [0.1, 0.15) is 72.2 Å². The zero-order valence-electron chi connectivity index (χ0n) is 28.4. The third-order valence-corrected chi connectivity index (χ3v) is 9.10. The van der Waals surface area contributed by atoms with E-state index in [4.69, 9.17) is 32.3 Å². The summed E-state index contributed by atoms with van der Waals surface area (Å²) >= 11 is 0. The lowest BCUT2D eigenvalue weighted by atomic mass is 9.98. The first-order chi connectivity index (χ1) is 26.0. The standard InChI is InChI=1S/C43H30N6O4/c1-3-28-16-18-34-32(22-28)38(30-12-7-5-8-13-30)44-24-36-40(46-26-48(34)36)42(50)52-20-11-21-53-43(51)41-37-25-45-39(31-14-9-6-10-15-31)33-23-29(4-2)17-19-35(33)49(37)27-47-41/h1-2,5-10,12-19,22-23,26-27H,11,20-21,24-25H2. The lowest BCUT2D eigenvalue weighted by molar-refractivity contribution is 0.0388. The van der Waals surface area contributed by atoms with E-state index in [1.807, 2.05) is 106 Å². The van der Waals surface area contributed by atoms with E-state index in [1.54, 1.807) is 12.7 Å². The first kappa shape index (κ1) is 32.9. The zero-order valence-corrected chi connectivity index (χ0v) is 28.4. The summed E-state index contributed by atoms with van der Waals surface area (Å²) in [5.74, 6) is 4.20. The highest BCUT2D eigenvalue weighted by molar-refractivity contribution is 6.16. The van der Waals surface area contributed by atoms with Gasteiger partial charge in [-0.15, -0.1) is 12.8 Å². The fraction of sp³-hybridized carbons (Fsp3) is 0.116. The molecular formula is C43H30N6O4. The summed E-state index contributed by atoms with van der Waals surface area (Å²) in [5, 5.41) is 0. The minimum Gasteiger partial charge on any atom is -0.461 e. The van der Waals surface area contributed by atoms with Gasteiger partial charge in [0.05, 0.1) is 60.5 Å². The van der Waals surface area contributed by atoms with Crippen LogP contribution in [0.4, 0.5) is 0 Å². The predicted octanol–water partition coefficient (Wildman–Crippen LogP) is 6.13. The number of terminal acetylenes is 2. The second kappa shape index (κ2) is 14.1. The number of rotatable bonds is 8. The molecule has 0 saturated heterocycles. The smallest absolute Gasteiger partial charge is 0.358 e. The number of carbonyl (C=O) groups excluding carboxylic acids is 2. The molecule has 4 heterocycles. The topological polar surface area (TPSA) is 113 Å². The van der Waals surface area contributed by atoms with Crippen molar-refractivity contribution in [1.82, 2.24) is 19.1 Å². The molecule has 0 amide bonds. The maximum atomic E-state index is 13.3. The monoisotopic (exact) mass is 694 g/mol. The van der Waals surface area contributed by atoms with Gasteiger partial charge in [0.25, 0.3) is 0 Å². The average Bonchev–Trinajstić information content (AvgIpc) is 3.74. The average molecular weight is 695 g/mol. The van der Waals surface area contributed by atoms with E-state index in [0.29, 0.717) is 11.4 Å². The molecule has 0 spiro atoms. The van der Waals surface area contributed by atoms with Crippen molar-refractivity contribution in [3.8, 4) is 36.1 Å². The summed E-state index contributed by atoms with van der Waals surface area (Å²) < 4.78 is 14.9. The predicted molar refractivity (Wildman–Crippen MR) is 200 cm³/mol. The number of ether oxygens (including phenoxy) is 2. The van der Waals surface area contributed by atoms with Gasteiger partial charge < -0.3 is 9.47 Å². The molecule has 10 nitrogen and oxygen atoms in total. The molecule has 0 unspecified atom stereocenters. The van der Waals surface area contributed by atoms with E-state index < -0.39 is 11.9 Å². The van der Waals surface area contributed by atoms with Gasteiger partial charge >= 0.3 is 11.9 Å². The SMILES string of the molecule is C#Cc1ccc2c(c1)C(c1ccccc1)=NCc1c(C(=O)OCCCOC(=O)c3ncn4c3CN=C(c3ccccc3)c3cc(C#C)ccc3-4)ncn1-2. The van der Waals surface area contributed by atoms with Crippen molar-refractivity contribution in [2.45, 2.75) is 19.5 Å². The molecule has 0 N–H and O–H groups in total. The molecule has 0 fully saturated rings. The van der Waals surface area contributed by atoms with Crippen LogP contribution in [0, 0.1) is 24.7 Å². The van der Waals surface area contributed by atoms with Crippen LogP contribution in [0.3, 0.4) is 0 Å². The van der Waals surface area contributed by atoms with E-state index in [9.17, 15) is 9.59 Å². The molecule has 2 aliphatic rings. The Balaban J connectivity index is 0.943. The van der Waals surface area contributed by atoms with E-state index in [1.165, 1.54) is 0 Å². The maximum Gasteiger partial charge on any atom is 0.358 e. The fourth-order valence-electron chi connectivity index (χ4n) is 6.55. The summed E-state index contributed by atoms with van der Waals surface area (Å²) in [6, 6.07) is 31.0. The number of hydrogen-bond donors (Lipinski definition) is 0. The summed E-state index contributed by atoms with van der Waals surface area (Å²) in [6.07, 6.45) is 14.9. The van der Waals surface area contributed by atoms with Crippen molar-refractivity contribution in [2.75, 3.05) is 13.2 Å². The molecule has 10 heteroatoms. The Kier molecular flexibility index (Phi) is 8.77. The summed E-state index contributed by atoms with van der Waals surface area (Å²) in [5.41, 5.74) is 9.63. The summed E-state index contributed by atoms with van der Waals surface area (Å²) in [7, 11) is 0. The molecule has 0 aliphatic carbocycles. The highest BCUT2D eigenvalue weighted by atomic mass is 16.5. The molecular weight excluding hydrogens is 665 g/mol. The van der Waals surface area contributed by atoms with Crippen LogP contribution in [-0.2, 0) is 22.6 Å². The van der Waals surface area contributed by atoms with Gasteiger partial charge in [0.15, 0.2) is 11.4 Å². The van der Waals surface area contributed by atoms with Crippen LogP contribution in [0.5, 0.6) is 0 Å². The Labute approximate surface area is 305 Å². The van der Waals surface area contributed by atoms with Gasteiger partial charge in [-0.05, 0) is 36.4 Å². The molecule has 0 atom stereocenters. The zero-order chi connectivity index (χ0) is 36.3. The van der Waals surface area contributed by atoms with Gasteiger partial charge in [0.1, 0.15) is 12.7 Å². The van der Waals surface area contributed by atoms with Gasteiger partial charge in [0.2, 0.25) is 0 Å². The Bertz CT molecular complexity index is 2370. The molecule has 256 valence electrons. The molecule has 6 aromatic rings. The summed E-state index contributed by atoms with van der Waals surface area (Å²) in [6.45, 7) is 0.424. The fourth-order valence-corrected chi connectivity index (χ4v) is 6.55. The van der Waals surface area contributed by atoms with E-state index >= 15 is 0 Å². The van der Waals surface area contributed by atoms with Crippen molar-refractivity contribution < 1.29 is 19.1 Å².